The molecule has 0 bridgehead atoms. The van der Waals surface area contributed by atoms with Gasteiger partial charge in [-0.2, -0.15) is 5.26 Å². The van der Waals surface area contributed by atoms with Gasteiger partial charge in [0.05, 0.1) is 21.9 Å². The molecular formula is C14H15N3O3S. The highest BCUT2D eigenvalue weighted by Crippen LogP contribution is 2.29. The summed E-state index contributed by atoms with van der Waals surface area (Å²) in [6, 6.07) is 5.71. The zero-order valence-corrected chi connectivity index (χ0v) is 12.2. The summed E-state index contributed by atoms with van der Waals surface area (Å²) < 4.78 is 0. The van der Waals surface area contributed by atoms with Crippen LogP contribution < -0.4 is 5.32 Å². The third-order valence-electron chi connectivity index (χ3n) is 3.36. The number of amides is 1. The molecule has 0 unspecified atom stereocenters. The molecule has 2 rings (SSSR count). The smallest absolute Gasteiger partial charge is 0.270 e. The van der Waals surface area contributed by atoms with E-state index in [1.54, 1.807) is 11.8 Å². The number of thioether (sulfide) groups is 1. The lowest BCUT2D eigenvalue weighted by Crippen LogP contribution is -2.16. The fraction of sp³-hybridized carbons (Fsp3) is 0.429. The number of nitrogens with zero attached hydrogens (tertiary/aromatic N) is 2. The maximum Gasteiger partial charge on any atom is 0.270 e. The molecule has 0 saturated heterocycles. The summed E-state index contributed by atoms with van der Waals surface area (Å²) in [6.07, 6.45) is 4.75. The molecule has 0 aromatic heterocycles. The molecule has 1 saturated carbocycles. The van der Waals surface area contributed by atoms with Gasteiger partial charge in [0.1, 0.15) is 6.07 Å². The van der Waals surface area contributed by atoms with Gasteiger partial charge in [0.25, 0.3) is 5.69 Å². The summed E-state index contributed by atoms with van der Waals surface area (Å²) in [4.78, 5) is 22.0. The first kappa shape index (κ1) is 15.3. The van der Waals surface area contributed by atoms with Crippen LogP contribution in [0.3, 0.4) is 0 Å². The zero-order chi connectivity index (χ0) is 15.2. The average molecular weight is 305 g/mol. The van der Waals surface area contributed by atoms with Crippen LogP contribution in [0.2, 0.25) is 0 Å². The van der Waals surface area contributed by atoms with Gasteiger partial charge in [-0.15, -0.1) is 11.8 Å². The van der Waals surface area contributed by atoms with Crippen molar-refractivity contribution in [3.8, 4) is 6.07 Å². The van der Waals surface area contributed by atoms with Crippen molar-refractivity contribution < 1.29 is 9.72 Å². The molecule has 21 heavy (non-hydrogen) atoms. The van der Waals surface area contributed by atoms with Gasteiger partial charge in [0, 0.05) is 17.4 Å². The van der Waals surface area contributed by atoms with E-state index in [-0.39, 0.29) is 17.2 Å². The summed E-state index contributed by atoms with van der Waals surface area (Å²) in [7, 11) is 0. The van der Waals surface area contributed by atoms with E-state index >= 15 is 0 Å². The second-order valence-corrected chi connectivity index (χ2v) is 6.15. The Morgan fingerprint density at radius 2 is 2.19 bits per heavy atom. The lowest BCUT2D eigenvalue weighted by atomic mass is 10.1. The van der Waals surface area contributed by atoms with E-state index in [1.807, 2.05) is 6.07 Å². The van der Waals surface area contributed by atoms with Crippen molar-refractivity contribution in [2.24, 2.45) is 0 Å². The van der Waals surface area contributed by atoms with Gasteiger partial charge < -0.3 is 5.32 Å². The standard InChI is InChI=1S/C14H15N3O3S/c15-8-10-7-11(17(19)20)5-6-13(10)16-14(18)9-21-12-3-1-2-4-12/h5-7,12H,1-4,9H2,(H,16,18). The van der Waals surface area contributed by atoms with E-state index in [9.17, 15) is 14.9 Å². The minimum atomic E-state index is -0.567. The van der Waals surface area contributed by atoms with Crippen molar-refractivity contribution in [1.29, 1.82) is 5.26 Å². The lowest BCUT2D eigenvalue weighted by Gasteiger charge is -2.10. The lowest BCUT2D eigenvalue weighted by molar-refractivity contribution is -0.384. The van der Waals surface area contributed by atoms with Crippen molar-refractivity contribution in [3.05, 3.63) is 33.9 Å². The molecule has 0 atom stereocenters. The van der Waals surface area contributed by atoms with Crippen molar-refractivity contribution >= 4 is 29.0 Å². The van der Waals surface area contributed by atoms with Crippen molar-refractivity contribution in [2.75, 3.05) is 11.1 Å². The first-order valence-electron chi connectivity index (χ1n) is 6.70. The van der Waals surface area contributed by atoms with Crippen molar-refractivity contribution in [3.63, 3.8) is 0 Å². The molecular weight excluding hydrogens is 290 g/mol. The topological polar surface area (TPSA) is 96.0 Å². The summed E-state index contributed by atoms with van der Waals surface area (Å²) in [5.74, 6) is 0.157. The van der Waals surface area contributed by atoms with Crippen LogP contribution in [-0.4, -0.2) is 21.8 Å². The largest absolute Gasteiger partial charge is 0.324 e. The molecule has 0 heterocycles. The number of carbonyl (C=O) groups excluding carboxylic acids is 1. The predicted octanol–water partition coefficient (Wildman–Crippen LogP) is 3.08. The number of nitriles is 1. The van der Waals surface area contributed by atoms with Crippen LogP contribution in [-0.2, 0) is 4.79 Å². The number of benzene rings is 1. The molecule has 1 aromatic rings. The molecule has 0 aliphatic heterocycles. The quantitative estimate of drug-likeness (QED) is 0.666. The Balaban J connectivity index is 1.96. The van der Waals surface area contributed by atoms with Gasteiger partial charge in [-0.25, -0.2) is 0 Å². The van der Waals surface area contributed by atoms with Gasteiger partial charge in [-0.05, 0) is 18.9 Å². The number of nitro groups is 1. The molecule has 1 fully saturated rings. The summed E-state index contributed by atoms with van der Waals surface area (Å²) in [5.41, 5.74) is 0.258. The number of nitrogens with one attached hydrogen (secondary N) is 1. The molecule has 7 heteroatoms. The Labute approximate surface area is 126 Å². The molecule has 6 nitrogen and oxygen atoms in total. The van der Waals surface area contributed by atoms with Crippen LogP contribution in [0.15, 0.2) is 18.2 Å². The van der Waals surface area contributed by atoms with Crippen LogP contribution in [0, 0.1) is 21.4 Å². The number of nitro benzene ring substituents is 1. The Kier molecular flexibility index (Phi) is 5.17. The Hall–Kier alpha value is -2.07. The average Bonchev–Trinajstić information content (AvgIpc) is 2.98. The van der Waals surface area contributed by atoms with Crippen LogP contribution in [0.1, 0.15) is 31.2 Å². The number of hydrogen-bond donors (Lipinski definition) is 1. The highest BCUT2D eigenvalue weighted by molar-refractivity contribution is 8.00. The van der Waals surface area contributed by atoms with E-state index in [0.29, 0.717) is 16.7 Å². The minimum Gasteiger partial charge on any atom is -0.324 e. The third kappa shape index (κ3) is 4.20. The SMILES string of the molecule is N#Cc1cc([N+](=O)[O-])ccc1NC(=O)CSC1CCCC1. The van der Waals surface area contributed by atoms with Crippen LogP contribution >= 0.6 is 11.8 Å². The van der Waals surface area contributed by atoms with Gasteiger partial charge in [-0.3, -0.25) is 14.9 Å². The first-order chi connectivity index (χ1) is 10.1. The summed E-state index contributed by atoms with van der Waals surface area (Å²) in [5, 5.41) is 22.9. The molecule has 1 aliphatic rings. The Morgan fingerprint density at radius 1 is 1.48 bits per heavy atom. The van der Waals surface area contributed by atoms with Gasteiger partial charge in [-0.1, -0.05) is 12.8 Å². The normalized spacial score (nSPS) is 14.6. The maximum absolute atomic E-state index is 11.9. The van der Waals surface area contributed by atoms with E-state index in [1.165, 1.54) is 31.0 Å². The maximum atomic E-state index is 11.9. The van der Waals surface area contributed by atoms with E-state index < -0.39 is 4.92 Å². The molecule has 0 spiro atoms. The molecule has 0 radical (unpaired) electrons. The van der Waals surface area contributed by atoms with Gasteiger partial charge >= 0.3 is 0 Å². The van der Waals surface area contributed by atoms with Crippen LogP contribution in [0.4, 0.5) is 11.4 Å². The molecule has 1 aliphatic carbocycles. The highest BCUT2D eigenvalue weighted by atomic mass is 32.2. The van der Waals surface area contributed by atoms with Crippen LogP contribution in [0.5, 0.6) is 0 Å². The van der Waals surface area contributed by atoms with E-state index in [0.717, 1.165) is 12.8 Å². The molecule has 110 valence electrons. The molecule has 1 N–H and O–H groups in total. The molecule has 1 aromatic carbocycles. The fourth-order valence-electron chi connectivity index (χ4n) is 2.28. The van der Waals surface area contributed by atoms with E-state index in [4.69, 9.17) is 5.26 Å². The predicted molar refractivity (Wildman–Crippen MR) is 81.2 cm³/mol. The highest BCUT2D eigenvalue weighted by Gasteiger charge is 2.17. The number of carbonyl (C=O) groups is 1. The molecule has 1 amide bonds. The monoisotopic (exact) mass is 305 g/mol. The Morgan fingerprint density at radius 3 is 2.81 bits per heavy atom. The van der Waals surface area contributed by atoms with Crippen molar-refractivity contribution in [2.45, 2.75) is 30.9 Å². The number of hydrogen-bond acceptors (Lipinski definition) is 5. The first-order valence-corrected chi connectivity index (χ1v) is 7.75. The number of anilines is 1. The Bertz CT molecular complexity index is 592. The van der Waals surface area contributed by atoms with E-state index in [2.05, 4.69) is 5.32 Å². The third-order valence-corrected chi connectivity index (χ3v) is 4.73. The van der Waals surface area contributed by atoms with Gasteiger partial charge in [0.15, 0.2) is 0 Å². The van der Waals surface area contributed by atoms with Gasteiger partial charge in [0.2, 0.25) is 5.91 Å². The summed E-state index contributed by atoms with van der Waals surface area (Å²) in [6.45, 7) is 0. The number of rotatable bonds is 5. The number of non-ortho nitro benzene ring substituents is 1. The fourth-order valence-corrected chi connectivity index (χ4v) is 3.41. The van der Waals surface area contributed by atoms with Crippen molar-refractivity contribution in [1.82, 2.24) is 0 Å². The minimum absolute atomic E-state index is 0.100. The summed E-state index contributed by atoms with van der Waals surface area (Å²) >= 11 is 1.63. The zero-order valence-electron chi connectivity index (χ0n) is 11.4. The second kappa shape index (κ2) is 7.09. The van der Waals surface area contributed by atoms with Crippen LogP contribution in [0.25, 0.3) is 0 Å². The second-order valence-electron chi connectivity index (χ2n) is 4.86.